The van der Waals surface area contributed by atoms with Gasteiger partial charge in [0.25, 0.3) is 5.91 Å². The number of carbonyl (C=O) groups excluding carboxylic acids is 2. The van der Waals surface area contributed by atoms with Crippen LogP contribution >= 0.6 is 11.8 Å². The van der Waals surface area contributed by atoms with Crippen LogP contribution in [0, 0.1) is 6.92 Å². The molecule has 7 nitrogen and oxygen atoms in total. The summed E-state index contributed by atoms with van der Waals surface area (Å²) >= 11 is 1.29. The quantitative estimate of drug-likeness (QED) is 0.637. The molecule has 0 fully saturated rings. The number of amides is 2. The Morgan fingerprint density at radius 1 is 1.30 bits per heavy atom. The second-order valence-corrected chi connectivity index (χ2v) is 7.45. The van der Waals surface area contributed by atoms with Gasteiger partial charge in [-0.15, -0.1) is 11.8 Å². The molecule has 3 rings (SSSR count). The summed E-state index contributed by atoms with van der Waals surface area (Å²) in [6.45, 7) is 5.88. The van der Waals surface area contributed by atoms with Crippen molar-refractivity contribution in [1.82, 2.24) is 14.8 Å². The van der Waals surface area contributed by atoms with E-state index < -0.39 is 5.91 Å². The lowest BCUT2D eigenvalue weighted by molar-refractivity contribution is -0.115. The van der Waals surface area contributed by atoms with Gasteiger partial charge >= 0.3 is 0 Å². The van der Waals surface area contributed by atoms with Crippen molar-refractivity contribution >= 4 is 40.3 Å². The summed E-state index contributed by atoms with van der Waals surface area (Å²) in [7, 11) is 0. The molecule has 140 valence electrons. The molecule has 1 aromatic carbocycles. The van der Waals surface area contributed by atoms with Gasteiger partial charge in [-0.25, -0.2) is 9.67 Å². The van der Waals surface area contributed by atoms with E-state index in [4.69, 9.17) is 5.73 Å². The van der Waals surface area contributed by atoms with Crippen LogP contribution in [0.25, 0.3) is 11.0 Å². The van der Waals surface area contributed by atoms with Gasteiger partial charge in [-0.2, -0.15) is 5.10 Å². The molecule has 0 bridgehead atoms. The molecule has 0 saturated heterocycles. The van der Waals surface area contributed by atoms with E-state index in [0.717, 1.165) is 10.6 Å². The Kier molecular flexibility index (Phi) is 5.46. The van der Waals surface area contributed by atoms with Crippen molar-refractivity contribution in [1.29, 1.82) is 0 Å². The van der Waals surface area contributed by atoms with Crippen LogP contribution in [0.5, 0.6) is 0 Å². The number of nitrogens with zero attached hydrogens (tertiary/aromatic N) is 3. The maximum absolute atomic E-state index is 13.0. The number of para-hydroxylation sites is 1. The lowest BCUT2D eigenvalue weighted by Crippen LogP contribution is -2.15. The van der Waals surface area contributed by atoms with Gasteiger partial charge in [0.2, 0.25) is 5.91 Å². The Morgan fingerprint density at radius 3 is 2.74 bits per heavy atom. The number of anilines is 1. The van der Waals surface area contributed by atoms with E-state index in [1.54, 1.807) is 23.0 Å². The smallest absolute Gasteiger partial charge is 0.256 e. The molecule has 0 unspecified atom stereocenters. The molecule has 2 amide bonds. The number of benzene rings is 1. The fourth-order valence-electron chi connectivity index (χ4n) is 2.74. The molecule has 0 saturated carbocycles. The maximum Gasteiger partial charge on any atom is 0.256 e. The van der Waals surface area contributed by atoms with Crippen molar-refractivity contribution < 1.29 is 9.59 Å². The van der Waals surface area contributed by atoms with Gasteiger partial charge in [0.05, 0.1) is 28.6 Å². The summed E-state index contributed by atoms with van der Waals surface area (Å²) in [4.78, 5) is 29.4. The Hall–Kier alpha value is -2.87. The topological polar surface area (TPSA) is 103 Å². The number of hydrogen-bond acceptors (Lipinski definition) is 5. The lowest BCUT2D eigenvalue weighted by atomic mass is 10.1. The standard InChI is InChI=1S/C19H21N5O2S/c1-11(2)24-18-14(9-21-24)13(8-12(3)22-18)19(26)23-15-6-4-5-7-16(15)27-10-17(20)25/h4-9,11H,10H2,1-3H3,(H2,20,25)(H,23,26). The number of nitrogens with one attached hydrogen (secondary N) is 1. The largest absolute Gasteiger partial charge is 0.369 e. The number of thioether (sulfide) groups is 1. The highest BCUT2D eigenvalue weighted by Gasteiger charge is 2.18. The molecule has 0 aliphatic carbocycles. The zero-order valence-corrected chi connectivity index (χ0v) is 16.2. The first-order chi connectivity index (χ1) is 12.9. The number of aromatic nitrogens is 3. The molecule has 0 aliphatic rings. The molecule has 3 N–H and O–H groups in total. The molecule has 0 atom stereocenters. The average Bonchev–Trinajstić information content (AvgIpc) is 3.04. The van der Waals surface area contributed by atoms with Crippen molar-refractivity contribution in [3.63, 3.8) is 0 Å². The molecule has 0 spiro atoms. The maximum atomic E-state index is 13.0. The van der Waals surface area contributed by atoms with Gasteiger partial charge in [0.1, 0.15) is 0 Å². The van der Waals surface area contributed by atoms with Gasteiger partial charge in [0, 0.05) is 16.6 Å². The van der Waals surface area contributed by atoms with Gasteiger partial charge in [-0.1, -0.05) is 12.1 Å². The SMILES string of the molecule is Cc1cc(C(=O)Nc2ccccc2SCC(N)=O)c2cnn(C(C)C)c2n1. The average molecular weight is 383 g/mol. The molecule has 27 heavy (non-hydrogen) atoms. The van der Waals surface area contributed by atoms with Crippen LogP contribution in [0.2, 0.25) is 0 Å². The fourth-order valence-corrected chi connectivity index (χ4v) is 3.49. The van der Waals surface area contributed by atoms with Gasteiger partial charge < -0.3 is 11.1 Å². The highest BCUT2D eigenvalue weighted by Crippen LogP contribution is 2.28. The molecule has 3 aromatic rings. The minimum atomic E-state index is -0.409. The van der Waals surface area contributed by atoms with Crippen LogP contribution in [0.15, 0.2) is 41.4 Å². The molecule has 0 aliphatic heterocycles. The van der Waals surface area contributed by atoms with E-state index >= 15 is 0 Å². The Balaban J connectivity index is 1.95. The molecule has 8 heteroatoms. The summed E-state index contributed by atoms with van der Waals surface area (Å²) in [5.41, 5.74) is 7.80. The summed E-state index contributed by atoms with van der Waals surface area (Å²) in [6, 6.07) is 9.20. The summed E-state index contributed by atoms with van der Waals surface area (Å²) in [5, 5.41) is 8.01. The van der Waals surface area contributed by atoms with Crippen LogP contribution in [-0.4, -0.2) is 32.3 Å². The van der Waals surface area contributed by atoms with E-state index in [2.05, 4.69) is 15.4 Å². The summed E-state index contributed by atoms with van der Waals surface area (Å²) in [6.07, 6.45) is 1.67. The molecule has 0 radical (unpaired) electrons. The van der Waals surface area contributed by atoms with E-state index in [0.29, 0.717) is 22.3 Å². The number of nitrogens with two attached hydrogens (primary N) is 1. The van der Waals surface area contributed by atoms with Gasteiger partial charge in [-0.3, -0.25) is 9.59 Å². The Labute approximate surface area is 161 Å². The zero-order chi connectivity index (χ0) is 19.6. The Bertz CT molecular complexity index is 1010. The number of carbonyl (C=O) groups is 2. The third-order valence-electron chi connectivity index (χ3n) is 3.93. The first kappa shape index (κ1) is 18.9. The molecular weight excluding hydrogens is 362 g/mol. The van der Waals surface area contributed by atoms with Crippen LogP contribution < -0.4 is 11.1 Å². The highest BCUT2D eigenvalue weighted by molar-refractivity contribution is 8.00. The van der Waals surface area contributed by atoms with Crippen LogP contribution in [-0.2, 0) is 4.79 Å². The van der Waals surface area contributed by atoms with E-state index in [1.165, 1.54) is 11.8 Å². The number of aryl methyl sites for hydroxylation is 1. The van der Waals surface area contributed by atoms with E-state index in [1.807, 2.05) is 39.0 Å². The van der Waals surface area contributed by atoms with Gasteiger partial charge in [0.15, 0.2) is 5.65 Å². The van der Waals surface area contributed by atoms with E-state index in [-0.39, 0.29) is 17.7 Å². The van der Waals surface area contributed by atoms with Crippen LogP contribution in [0.3, 0.4) is 0 Å². The van der Waals surface area contributed by atoms with Crippen molar-refractivity contribution in [2.24, 2.45) is 5.73 Å². The van der Waals surface area contributed by atoms with E-state index in [9.17, 15) is 9.59 Å². The molecular formula is C19H21N5O2S. The first-order valence-corrected chi connectivity index (χ1v) is 9.51. The second-order valence-electron chi connectivity index (χ2n) is 6.44. The van der Waals surface area contributed by atoms with Crippen molar-refractivity contribution in [2.45, 2.75) is 31.7 Å². The van der Waals surface area contributed by atoms with Crippen molar-refractivity contribution in [3.05, 3.63) is 47.8 Å². The van der Waals surface area contributed by atoms with Crippen molar-refractivity contribution in [2.75, 3.05) is 11.1 Å². The predicted molar refractivity (Wildman–Crippen MR) is 107 cm³/mol. The third-order valence-corrected chi connectivity index (χ3v) is 5.03. The first-order valence-electron chi connectivity index (χ1n) is 8.53. The third kappa shape index (κ3) is 4.11. The monoisotopic (exact) mass is 383 g/mol. The van der Waals surface area contributed by atoms with Crippen LogP contribution in [0.1, 0.15) is 35.9 Å². The predicted octanol–water partition coefficient (Wildman–Crippen LogP) is 3.15. The zero-order valence-electron chi connectivity index (χ0n) is 15.4. The number of fused-ring (bicyclic) bond motifs is 1. The Morgan fingerprint density at radius 2 is 2.04 bits per heavy atom. The van der Waals surface area contributed by atoms with Gasteiger partial charge in [-0.05, 0) is 39.0 Å². The normalized spacial score (nSPS) is 11.1. The lowest BCUT2D eigenvalue weighted by Gasteiger charge is -2.12. The number of rotatable bonds is 6. The molecule has 2 heterocycles. The second kappa shape index (κ2) is 7.79. The minimum absolute atomic E-state index is 0.138. The number of primary amides is 1. The van der Waals surface area contributed by atoms with Crippen LogP contribution in [0.4, 0.5) is 5.69 Å². The summed E-state index contributed by atoms with van der Waals surface area (Å²) < 4.78 is 1.80. The highest BCUT2D eigenvalue weighted by atomic mass is 32.2. The number of hydrogen-bond donors (Lipinski definition) is 2. The van der Waals surface area contributed by atoms with Crippen molar-refractivity contribution in [3.8, 4) is 0 Å². The minimum Gasteiger partial charge on any atom is -0.369 e. The fraction of sp³-hybridized carbons (Fsp3) is 0.263. The molecule has 2 aromatic heterocycles. The number of pyridine rings is 1. The summed E-state index contributed by atoms with van der Waals surface area (Å²) in [5.74, 6) is -0.512.